The van der Waals surface area contributed by atoms with Crippen LogP contribution >= 0.6 is 0 Å². The molecule has 12 aromatic rings. The Morgan fingerprint density at radius 1 is 0.308 bits per heavy atom. The van der Waals surface area contributed by atoms with Crippen LogP contribution < -0.4 is 0 Å². The maximum absolute atomic E-state index is 13.5. The molecule has 0 aliphatic carbocycles. The van der Waals surface area contributed by atoms with Crippen molar-refractivity contribution in [3.05, 3.63) is 181 Å². The Kier molecular flexibility index (Phi) is 5.38. The summed E-state index contributed by atoms with van der Waals surface area (Å²) in [5.74, 6) is 0.0331. The van der Waals surface area contributed by atoms with Crippen molar-refractivity contribution in [2.24, 2.45) is 0 Å². The minimum atomic E-state index is 0.0331. The van der Waals surface area contributed by atoms with Crippen LogP contribution in [0.15, 0.2) is 170 Å². The fourth-order valence-corrected chi connectivity index (χ4v) is 9.06. The molecule has 0 aliphatic rings. The normalized spacial score (nSPS) is 12.3. The third kappa shape index (κ3) is 3.61. The second-order valence-electron chi connectivity index (χ2n) is 14.1. The summed E-state index contributed by atoms with van der Waals surface area (Å²) in [5, 5.41) is 10.0. The fraction of sp³-hybridized carbons (Fsp3) is 0. The summed E-state index contributed by atoms with van der Waals surface area (Å²) in [7, 11) is 0. The van der Waals surface area contributed by atoms with Gasteiger partial charge in [-0.25, -0.2) is 0 Å². The summed E-state index contributed by atoms with van der Waals surface area (Å²) in [5.41, 5.74) is 13.3. The van der Waals surface area contributed by atoms with Gasteiger partial charge in [0, 0.05) is 54.2 Å². The molecule has 0 N–H and O–H groups in total. The van der Waals surface area contributed by atoms with Crippen LogP contribution in [-0.4, -0.2) is 14.6 Å². The molecule has 0 saturated carbocycles. The van der Waals surface area contributed by atoms with E-state index in [9.17, 15) is 4.79 Å². The molecular formula is C49H28N2O. The number of carbonyl (C=O) groups is 1. The number of ketones is 1. The highest BCUT2D eigenvalue weighted by Crippen LogP contribution is 2.45. The summed E-state index contributed by atoms with van der Waals surface area (Å²) >= 11 is 0. The van der Waals surface area contributed by atoms with Crippen LogP contribution in [0.25, 0.3) is 98.4 Å². The largest absolute Gasteiger partial charge is 0.308 e. The molecule has 0 unspecified atom stereocenters. The van der Waals surface area contributed by atoms with Gasteiger partial charge < -0.3 is 8.80 Å². The van der Waals surface area contributed by atoms with Crippen molar-refractivity contribution in [3.8, 4) is 22.3 Å². The molecule has 240 valence electrons. The van der Waals surface area contributed by atoms with Gasteiger partial charge in [0.2, 0.25) is 0 Å². The lowest BCUT2D eigenvalue weighted by atomic mass is 9.95. The van der Waals surface area contributed by atoms with Crippen molar-refractivity contribution in [2.45, 2.75) is 0 Å². The van der Waals surface area contributed by atoms with Gasteiger partial charge in [0.25, 0.3) is 0 Å². The molecule has 0 radical (unpaired) electrons. The van der Waals surface area contributed by atoms with E-state index in [-0.39, 0.29) is 5.78 Å². The van der Waals surface area contributed by atoms with E-state index in [1.54, 1.807) is 0 Å². The average Bonchev–Trinajstić information content (AvgIpc) is 3.94. The first-order chi connectivity index (χ1) is 25.7. The molecule has 4 aromatic heterocycles. The Morgan fingerprint density at radius 2 is 0.731 bits per heavy atom. The lowest BCUT2D eigenvalue weighted by molar-refractivity contribution is 0.103. The van der Waals surface area contributed by atoms with Crippen LogP contribution in [0.2, 0.25) is 0 Å². The maximum atomic E-state index is 13.5. The van der Waals surface area contributed by atoms with Gasteiger partial charge in [-0.15, -0.1) is 0 Å². The molecular weight excluding hydrogens is 633 g/mol. The smallest absolute Gasteiger partial charge is 0.193 e. The summed E-state index contributed by atoms with van der Waals surface area (Å²) < 4.78 is 4.87. The first-order valence-electron chi connectivity index (χ1n) is 17.8. The molecule has 0 amide bonds. The van der Waals surface area contributed by atoms with Gasteiger partial charge >= 0.3 is 0 Å². The van der Waals surface area contributed by atoms with Gasteiger partial charge in [0.1, 0.15) is 0 Å². The SMILES string of the molecule is O=C(c1ccccc1)c1cccc(-c2cc3c4ccccc4n4c5ccc(-c6cc7c8ccccc8n8c9ccccc9c(c6)c78)cc5c(c2)c34)c1. The quantitative estimate of drug-likeness (QED) is 0.173. The predicted molar refractivity (Wildman–Crippen MR) is 217 cm³/mol. The molecule has 52 heavy (non-hydrogen) atoms. The first kappa shape index (κ1) is 27.8. The number of rotatable bonds is 4. The molecule has 8 aromatic carbocycles. The highest BCUT2D eigenvalue weighted by molar-refractivity contribution is 6.26. The van der Waals surface area contributed by atoms with Crippen LogP contribution in [0.4, 0.5) is 0 Å². The standard InChI is InChI=1S/C49H28N2O/c52-49(29-11-2-1-3-12-29)32-14-10-13-30(23-32)33-25-41-37-17-6-9-20-45(37)51-46-22-21-31(24-38(46)42(28-33)48(41)51)34-26-39-35-15-4-7-18-43(35)50-44-19-8-5-16-36(44)40(27-34)47(39)50/h1-28H. The second kappa shape index (κ2) is 10.1. The van der Waals surface area contributed by atoms with Crippen LogP contribution in [0.3, 0.4) is 0 Å². The zero-order chi connectivity index (χ0) is 34.1. The molecule has 0 fully saturated rings. The maximum Gasteiger partial charge on any atom is 0.193 e. The number of nitrogens with zero attached hydrogens (tertiary/aromatic N) is 2. The van der Waals surface area contributed by atoms with Gasteiger partial charge in [0.05, 0.1) is 33.1 Å². The molecule has 3 heteroatoms. The number of hydrogen-bond acceptors (Lipinski definition) is 1. The van der Waals surface area contributed by atoms with Gasteiger partial charge in [-0.2, -0.15) is 0 Å². The monoisotopic (exact) mass is 660 g/mol. The van der Waals surface area contributed by atoms with Crippen LogP contribution in [0.1, 0.15) is 15.9 Å². The zero-order valence-corrected chi connectivity index (χ0v) is 28.0. The summed E-state index contributed by atoms with van der Waals surface area (Å²) in [6.45, 7) is 0. The number of aromatic nitrogens is 2. The number of fused-ring (bicyclic) bond motifs is 12. The number of hydrogen-bond donors (Lipinski definition) is 0. The van der Waals surface area contributed by atoms with Gasteiger partial charge in [-0.05, 0) is 82.9 Å². The van der Waals surface area contributed by atoms with Crippen molar-refractivity contribution in [1.29, 1.82) is 0 Å². The molecule has 0 atom stereocenters. The van der Waals surface area contributed by atoms with Gasteiger partial charge in [-0.3, -0.25) is 4.79 Å². The second-order valence-corrected chi connectivity index (χ2v) is 14.1. The van der Waals surface area contributed by atoms with E-state index in [0.29, 0.717) is 11.1 Å². The van der Waals surface area contributed by atoms with E-state index in [1.807, 2.05) is 48.5 Å². The van der Waals surface area contributed by atoms with Crippen molar-refractivity contribution in [1.82, 2.24) is 8.80 Å². The molecule has 0 spiro atoms. The third-order valence-corrected chi connectivity index (χ3v) is 11.3. The number of benzene rings is 8. The molecule has 4 heterocycles. The summed E-state index contributed by atoms with van der Waals surface area (Å²) in [4.78, 5) is 13.5. The van der Waals surface area contributed by atoms with Crippen molar-refractivity contribution in [3.63, 3.8) is 0 Å². The Labute approximate surface area is 297 Å². The van der Waals surface area contributed by atoms with Gasteiger partial charge in [0.15, 0.2) is 5.78 Å². The molecule has 3 nitrogen and oxygen atoms in total. The molecule has 0 saturated heterocycles. The molecule has 0 bridgehead atoms. The topological polar surface area (TPSA) is 25.9 Å². The summed E-state index contributed by atoms with van der Waals surface area (Å²) in [6.07, 6.45) is 0. The predicted octanol–water partition coefficient (Wildman–Crippen LogP) is 12.6. The van der Waals surface area contributed by atoms with E-state index in [2.05, 4.69) is 130 Å². The van der Waals surface area contributed by atoms with Gasteiger partial charge in [-0.1, -0.05) is 109 Å². The lowest BCUT2D eigenvalue weighted by Crippen LogP contribution is -2.00. The van der Waals surface area contributed by atoms with Crippen molar-refractivity contribution >= 4 is 82.0 Å². The van der Waals surface area contributed by atoms with Crippen LogP contribution in [0, 0.1) is 0 Å². The average molecular weight is 661 g/mol. The third-order valence-electron chi connectivity index (χ3n) is 11.3. The van der Waals surface area contributed by atoms with E-state index < -0.39 is 0 Å². The zero-order valence-electron chi connectivity index (χ0n) is 28.0. The molecule has 12 rings (SSSR count). The Bertz CT molecular complexity index is 3340. The van der Waals surface area contributed by atoms with E-state index in [0.717, 1.165) is 11.1 Å². The minimum absolute atomic E-state index is 0.0331. The van der Waals surface area contributed by atoms with Crippen LogP contribution in [0.5, 0.6) is 0 Å². The number of carbonyl (C=O) groups excluding carboxylic acids is 1. The highest BCUT2D eigenvalue weighted by atomic mass is 16.1. The molecule has 0 aliphatic heterocycles. The van der Waals surface area contributed by atoms with E-state index in [4.69, 9.17) is 0 Å². The van der Waals surface area contributed by atoms with E-state index in [1.165, 1.54) is 87.3 Å². The highest BCUT2D eigenvalue weighted by Gasteiger charge is 2.22. The Balaban J connectivity index is 1.12. The first-order valence-corrected chi connectivity index (χ1v) is 17.8. The van der Waals surface area contributed by atoms with Crippen LogP contribution in [-0.2, 0) is 0 Å². The fourth-order valence-electron chi connectivity index (χ4n) is 9.06. The summed E-state index contributed by atoms with van der Waals surface area (Å²) in [6, 6.07) is 60.2. The Morgan fingerprint density at radius 3 is 1.29 bits per heavy atom. The Hall–Kier alpha value is -6.97. The van der Waals surface area contributed by atoms with Crippen molar-refractivity contribution < 1.29 is 4.79 Å². The lowest BCUT2D eigenvalue weighted by Gasteiger charge is -2.08. The van der Waals surface area contributed by atoms with Crippen molar-refractivity contribution in [2.75, 3.05) is 0 Å². The minimum Gasteiger partial charge on any atom is -0.308 e. The number of para-hydroxylation sites is 3. The van der Waals surface area contributed by atoms with E-state index >= 15 is 0 Å².